The fraction of sp³-hybridized carbons (Fsp3) is 0.286. The number of carbonyl (C=O) groups excluding carboxylic acids is 1. The van der Waals surface area contributed by atoms with Gasteiger partial charge in [-0.2, -0.15) is 0 Å². The Morgan fingerprint density at radius 2 is 2.05 bits per heavy atom. The number of aromatic nitrogens is 1. The van der Waals surface area contributed by atoms with Crippen molar-refractivity contribution in [2.24, 2.45) is 0 Å². The van der Waals surface area contributed by atoms with E-state index in [1.54, 1.807) is 30.5 Å². The lowest BCUT2D eigenvalue weighted by Gasteiger charge is -2.16. The summed E-state index contributed by atoms with van der Waals surface area (Å²) < 4.78 is 25.1. The minimum atomic E-state index is -3.19. The number of thiazole rings is 1. The highest BCUT2D eigenvalue weighted by molar-refractivity contribution is 7.93. The van der Waals surface area contributed by atoms with Crippen molar-refractivity contribution >= 4 is 38.1 Å². The molecule has 3 rings (SSSR count). The number of anilines is 2. The fourth-order valence-corrected chi connectivity index (χ4v) is 4.51. The summed E-state index contributed by atoms with van der Waals surface area (Å²) in [6.45, 7) is 2.41. The van der Waals surface area contributed by atoms with Crippen LogP contribution in [0.5, 0.6) is 0 Å². The average Bonchev–Trinajstić information content (AvgIpc) is 3.04. The highest BCUT2D eigenvalue weighted by Crippen LogP contribution is 2.24. The van der Waals surface area contributed by atoms with Crippen molar-refractivity contribution in [2.45, 2.75) is 13.3 Å². The first-order chi connectivity index (χ1) is 10.5. The Morgan fingerprint density at radius 1 is 1.32 bits per heavy atom. The molecule has 1 fully saturated rings. The lowest BCUT2D eigenvalue weighted by molar-refractivity contribution is 0.102. The topological polar surface area (TPSA) is 79.4 Å². The van der Waals surface area contributed by atoms with E-state index in [1.807, 2.05) is 6.92 Å². The van der Waals surface area contributed by atoms with Crippen molar-refractivity contribution in [1.82, 2.24) is 4.98 Å². The monoisotopic (exact) mass is 337 g/mol. The van der Waals surface area contributed by atoms with Gasteiger partial charge in [-0.15, -0.1) is 11.3 Å². The molecule has 0 aliphatic carbocycles. The number of carbonyl (C=O) groups is 1. The minimum Gasteiger partial charge on any atom is -0.298 e. The average molecular weight is 337 g/mol. The number of hydrogen-bond donors (Lipinski definition) is 1. The molecule has 2 heterocycles. The molecule has 0 radical (unpaired) electrons. The second kappa shape index (κ2) is 5.69. The molecule has 1 aliphatic rings. The molecule has 0 spiro atoms. The summed E-state index contributed by atoms with van der Waals surface area (Å²) in [7, 11) is -3.19. The van der Waals surface area contributed by atoms with E-state index in [1.165, 1.54) is 15.6 Å². The number of aryl methyl sites for hydroxylation is 1. The van der Waals surface area contributed by atoms with Gasteiger partial charge in [0.2, 0.25) is 10.0 Å². The summed E-state index contributed by atoms with van der Waals surface area (Å²) in [4.78, 5) is 17.2. The molecule has 1 saturated heterocycles. The largest absolute Gasteiger partial charge is 0.298 e. The summed E-state index contributed by atoms with van der Waals surface area (Å²) in [6.07, 6.45) is 2.33. The van der Waals surface area contributed by atoms with Gasteiger partial charge in [-0.25, -0.2) is 13.4 Å². The maximum Gasteiger partial charge on any atom is 0.257 e. The summed E-state index contributed by atoms with van der Waals surface area (Å²) in [5.41, 5.74) is 1.06. The molecule has 1 amide bonds. The molecule has 2 aromatic rings. The van der Waals surface area contributed by atoms with E-state index in [-0.39, 0.29) is 11.7 Å². The van der Waals surface area contributed by atoms with Crippen molar-refractivity contribution in [2.75, 3.05) is 21.9 Å². The second-order valence-electron chi connectivity index (χ2n) is 5.02. The number of sulfonamides is 1. The number of amides is 1. The Kier molecular flexibility index (Phi) is 3.88. The van der Waals surface area contributed by atoms with Gasteiger partial charge in [0.05, 0.1) is 11.4 Å². The van der Waals surface area contributed by atoms with Crippen molar-refractivity contribution in [3.8, 4) is 0 Å². The Hall–Kier alpha value is -1.93. The number of hydrogen-bond acceptors (Lipinski definition) is 5. The van der Waals surface area contributed by atoms with Crippen LogP contribution in [0.2, 0.25) is 0 Å². The highest BCUT2D eigenvalue weighted by atomic mass is 32.2. The van der Waals surface area contributed by atoms with Gasteiger partial charge in [0.15, 0.2) is 5.13 Å². The van der Waals surface area contributed by atoms with Gasteiger partial charge in [0, 0.05) is 23.2 Å². The predicted molar refractivity (Wildman–Crippen MR) is 87.0 cm³/mol. The third-order valence-electron chi connectivity index (χ3n) is 3.36. The zero-order chi connectivity index (χ0) is 15.7. The zero-order valence-corrected chi connectivity index (χ0v) is 13.6. The van der Waals surface area contributed by atoms with Crippen LogP contribution in [0, 0.1) is 6.92 Å². The minimum absolute atomic E-state index is 0.179. The molecule has 0 atom stereocenters. The molecule has 1 aliphatic heterocycles. The van der Waals surface area contributed by atoms with E-state index in [9.17, 15) is 13.2 Å². The zero-order valence-electron chi connectivity index (χ0n) is 11.9. The number of rotatable bonds is 3. The molecular formula is C14H15N3O3S2. The molecule has 0 saturated carbocycles. The first-order valence-corrected chi connectivity index (χ1v) is 9.22. The van der Waals surface area contributed by atoms with E-state index in [0.717, 1.165) is 4.88 Å². The molecule has 8 heteroatoms. The normalized spacial score (nSPS) is 16.7. The van der Waals surface area contributed by atoms with Gasteiger partial charge < -0.3 is 0 Å². The lowest BCUT2D eigenvalue weighted by Crippen LogP contribution is -2.25. The second-order valence-corrected chi connectivity index (χ2v) is 8.27. The molecule has 6 nitrogen and oxygen atoms in total. The predicted octanol–water partition coefficient (Wildman–Crippen LogP) is 2.24. The standard InChI is InChI=1S/C14H15N3O3S2/c1-10-9-15-14(21-10)16-13(18)11-3-5-12(6-4-11)17-7-2-8-22(17,19)20/h3-6,9H,2,7-8H2,1H3,(H,15,16,18). The maximum atomic E-state index is 12.1. The van der Waals surface area contributed by atoms with Gasteiger partial charge in [-0.1, -0.05) is 0 Å². The Bertz CT molecular complexity index is 797. The van der Waals surface area contributed by atoms with Crippen molar-refractivity contribution in [3.05, 3.63) is 40.9 Å². The van der Waals surface area contributed by atoms with Crippen LogP contribution >= 0.6 is 11.3 Å². The van der Waals surface area contributed by atoms with Crippen molar-refractivity contribution in [3.63, 3.8) is 0 Å². The molecule has 1 aromatic carbocycles. The van der Waals surface area contributed by atoms with Crippen LogP contribution in [-0.2, 0) is 10.0 Å². The van der Waals surface area contributed by atoms with Crippen molar-refractivity contribution < 1.29 is 13.2 Å². The van der Waals surface area contributed by atoms with Crippen LogP contribution in [0.25, 0.3) is 0 Å². The lowest BCUT2D eigenvalue weighted by atomic mass is 10.2. The maximum absolute atomic E-state index is 12.1. The molecule has 0 bridgehead atoms. The first kappa shape index (κ1) is 15.0. The summed E-state index contributed by atoms with van der Waals surface area (Å²) >= 11 is 1.40. The third-order valence-corrected chi connectivity index (χ3v) is 6.06. The SMILES string of the molecule is Cc1cnc(NC(=O)c2ccc(N3CCCS3(=O)=O)cc2)s1. The molecular weight excluding hydrogens is 322 g/mol. The van der Waals surface area contributed by atoms with Gasteiger partial charge in [0.1, 0.15) is 0 Å². The van der Waals surface area contributed by atoms with Crippen LogP contribution in [0.1, 0.15) is 21.7 Å². The smallest absolute Gasteiger partial charge is 0.257 e. The number of benzene rings is 1. The summed E-state index contributed by atoms with van der Waals surface area (Å²) in [6, 6.07) is 6.56. The van der Waals surface area contributed by atoms with E-state index in [0.29, 0.717) is 29.3 Å². The van der Waals surface area contributed by atoms with Crippen LogP contribution in [0.4, 0.5) is 10.8 Å². The number of nitrogens with one attached hydrogen (secondary N) is 1. The summed E-state index contributed by atoms with van der Waals surface area (Å²) in [5.74, 6) is -0.0799. The quantitative estimate of drug-likeness (QED) is 0.931. The summed E-state index contributed by atoms with van der Waals surface area (Å²) in [5, 5.41) is 3.27. The van der Waals surface area contributed by atoms with Crippen LogP contribution in [0.15, 0.2) is 30.5 Å². The van der Waals surface area contributed by atoms with E-state index in [2.05, 4.69) is 10.3 Å². The Morgan fingerprint density at radius 3 is 2.59 bits per heavy atom. The number of nitrogens with zero attached hydrogens (tertiary/aromatic N) is 2. The van der Waals surface area contributed by atoms with Gasteiger partial charge in [-0.3, -0.25) is 14.4 Å². The Labute approximate surface area is 132 Å². The van der Waals surface area contributed by atoms with E-state index in [4.69, 9.17) is 0 Å². The first-order valence-electron chi connectivity index (χ1n) is 6.80. The Balaban J connectivity index is 1.75. The third kappa shape index (κ3) is 2.97. The molecule has 1 aromatic heterocycles. The van der Waals surface area contributed by atoms with Crippen molar-refractivity contribution in [1.29, 1.82) is 0 Å². The van der Waals surface area contributed by atoms with E-state index < -0.39 is 10.0 Å². The fourth-order valence-electron chi connectivity index (χ4n) is 2.29. The van der Waals surface area contributed by atoms with Gasteiger partial charge in [-0.05, 0) is 37.6 Å². The van der Waals surface area contributed by atoms with Crippen LogP contribution < -0.4 is 9.62 Å². The van der Waals surface area contributed by atoms with Crippen LogP contribution in [0.3, 0.4) is 0 Å². The highest BCUT2D eigenvalue weighted by Gasteiger charge is 2.28. The molecule has 116 valence electrons. The molecule has 0 unspecified atom stereocenters. The van der Waals surface area contributed by atoms with E-state index >= 15 is 0 Å². The van der Waals surface area contributed by atoms with Gasteiger partial charge >= 0.3 is 0 Å². The van der Waals surface area contributed by atoms with Gasteiger partial charge in [0.25, 0.3) is 5.91 Å². The molecule has 1 N–H and O–H groups in total. The molecule has 22 heavy (non-hydrogen) atoms. The van der Waals surface area contributed by atoms with Crippen LogP contribution in [-0.4, -0.2) is 31.6 Å².